The largest absolute Gasteiger partial charge is 0.476 e. The predicted octanol–water partition coefficient (Wildman–Crippen LogP) is 4.77. The fourth-order valence-corrected chi connectivity index (χ4v) is 4.94. The SMILES string of the molecule is CC(C)N(C(=O)c1cc2c(cc1C(F)(F)F)OC(C)(C)C(=O)N2CCNC(=O)C(F)F)C1CCCCC1. The number of fused-ring (bicyclic) bond motifs is 1. The van der Waals surface area contributed by atoms with Gasteiger partial charge in [0.05, 0.1) is 16.8 Å². The summed E-state index contributed by atoms with van der Waals surface area (Å²) in [4.78, 5) is 40.6. The Morgan fingerprint density at radius 1 is 1.16 bits per heavy atom. The van der Waals surface area contributed by atoms with E-state index in [9.17, 15) is 36.3 Å². The molecule has 0 atom stereocenters. The number of anilines is 1. The molecule has 3 rings (SSSR count). The fourth-order valence-electron chi connectivity index (χ4n) is 4.94. The molecule has 1 aromatic carbocycles. The number of benzene rings is 1. The van der Waals surface area contributed by atoms with Gasteiger partial charge in [0.15, 0.2) is 5.60 Å². The van der Waals surface area contributed by atoms with E-state index in [0.717, 1.165) is 30.2 Å². The molecule has 37 heavy (non-hydrogen) atoms. The minimum atomic E-state index is -4.89. The summed E-state index contributed by atoms with van der Waals surface area (Å²) in [5, 5.41) is 1.98. The Kier molecular flexibility index (Phi) is 8.38. The van der Waals surface area contributed by atoms with Gasteiger partial charge >= 0.3 is 12.6 Å². The zero-order chi connectivity index (χ0) is 27.7. The second kappa shape index (κ2) is 10.8. The van der Waals surface area contributed by atoms with E-state index in [0.29, 0.717) is 18.9 Å². The van der Waals surface area contributed by atoms with Crippen molar-refractivity contribution >= 4 is 23.4 Å². The first kappa shape index (κ1) is 28.6. The van der Waals surface area contributed by atoms with Gasteiger partial charge in [-0.1, -0.05) is 19.3 Å². The molecule has 0 radical (unpaired) electrons. The maximum atomic E-state index is 14.2. The molecule has 0 spiro atoms. The van der Waals surface area contributed by atoms with Crippen LogP contribution in [0.25, 0.3) is 0 Å². The molecular weight excluding hydrogens is 501 g/mol. The van der Waals surface area contributed by atoms with Gasteiger partial charge in [0.25, 0.3) is 17.7 Å². The topological polar surface area (TPSA) is 79.0 Å². The van der Waals surface area contributed by atoms with E-state index in [1.807, 2.05) is 5.32 Å². The third-order valence-electron chi connectivity index (χ3n) is 6.64. The summed E-state index contributed by atoms with van der Waals surface area (Å²) in [5.41, 5.74) is -3.48. The highest BCUT2D eigenvalue weighted by Gasteiger charge is 2.45. The van der Waals surface area contributed by atoms with Crippen molar-refractivity contribution in [3.05, 3.63) is 23.3 Å². The number of ether oxygens (including phenoxy) is 1. The summed E-state index contributed by atoms with van der Waals surface area (Å²) in [6, 6.07) is 1.11. The van der Waals surface area contributed by atoms with Crippen LogP contribution in [0.3, 0.4) is 0 Å². The van der Waals surface area contributed by atoms with Crippen LogP contribution in [0.15, 0.2) is 12.1 Å². The molecule has 0 saturated heterocycles. The van der Waals surface area contributed by atoms with Crippen LogP contribution in [0.4, 0.5) is 27.6 Å². The van der Waals surface area contributed by atoms with E-state index in [2.05, 4.69) is 0 Å². The van der Waals surface area contributed by atoms with Gasteiger partial charge in [-0.05, 0) is 52.7 Å². The molecule has 1 fully saturated rings. The number of hydrogen-bond donors (Lipinski definition) is 1. The lowest BCUT2D eigenvalue weighted by molar-refractivity contribution is -0.138. The Balaban J connectivity index is 2.08. The second-order valence-electron chi connectivity index (χ2n) is 10.1. The summed E-state index contributed by atoms with van der Waals surface area (Å²) in [6.45, 7) is 5.51. The second-order valence-corrected chi connectivity index (χ2v) is 10.1. The molecule has 3 amide bonds. The lowest BCUT2D eigenvalue weighted by Crippen LogP contribution is -2.54. The highest BCUT2D eigenvalue weighted by Crippen LogP contribution is 2.44. The van der Waals surface area contributed by atoms with Crippen LogP contribution in [-0.2, 0) is 15.8 Å². The van der Waals surface area contributed by atoms with Crippen LogP contribution in [-0.4, -0.2) is 59.8 Å². The number of hydrogen-bond acceptors (Lipinski definition) is 4. The molecule has 1 N–H and O–H groups in total. The smallest absolute Gasteiger partial charge is 0.417 e. The Labute approximate surface area is 212 Å². The number of alkyl halides is 5. The normalized spacial score (nSPS) is 18.0. The van der Waals surface area contributed by atoms with E-state index in [1.165, 1.54) is 18.7 Å². The molecule has 0 aromatic heterocycles. The number of carbonyl (C=O) groups is 3. The average Bonchev–Trinajstić information content (AvgIpc) is 2.80. The van der Waals surface area contributed by atoms with Crippen LogP contribution in [0.1, 0.15) is 75.7 Å². The van der Waals surface area contributed by atoms with E-state index in [-0.39, 0.29) is 36.6 Å². The number of rotatable bonds is 7. The zero-order valence-electron chi connectivity index (χ0n) is 21.3. The van der Waals surface area contributed by atoms with Gasteiger partial charge < -0.3 is 19.9 Å². The Bertz CT molecular complexity index is 1040. The quantitative estimate of drug-likeness (QED) is 0.512. The first-order valence-electron chi connectivity index (χ1n) is 12.3. The Morgan fingerprint density at radius 3 is 2.32 bits per heavy atom. The summed E-state index contributed by atoms with van der Waals surface area (Å²) < 4.78 is 73.3. The van der Waals surface area contributed by atoms with Crippen molar-refractivity contribution in [3.8, 4) is 5.75 Å². The first-order chi connectivity index (χ1) is 17.1. The van der Waals surface area contributed by atoms with Crippen LogP contribution in [0.5, 0.6) is 5.75 Å². The van der Waals surface area contributed by atoms with Gasteiger partial charge in [-0.25, -0.2) is 0 Å². The van der Waals surface area contributed by atoms with E-state index in [1.54, 1.807) is 13.8 Å². The van der Waals surface area contributed by atoms with E-state index < -0.39 is 47.1 Å². The molecule has 7 nitrogen and oxygen atoms in total. The van der Waals surface area contributed by atoms with Crippen molar-refractivity contribution in [2.45, 2.75) is 90.1 Å². The van der Waals surface area contributed by atoms with Crippen LogP contribution in [0, 0.1) is 0 Å². The van der Waals surface area contributed by atoms with Gasteiger partial charge in [-0.3, -0.25) is 14.4 Å². The van der Waals surface area contributed by atoms with E-state index >= 15 is 0 Å². The number of carbonyl (C=O) groups excluding carboxylic acids is 3. The van der Waals surface area contributed by atoms with Crippen molar-refractivity contribution in [1.29, 1.82) is 0 Å². The van der Waals surface area contributed by atoms with Crippen molar-refractivity contribution in [3.63, 3.8) is 0 Å². The van der Waals surface area contributed by atoms with Crippen molar-refractivity contribution in [2.24, 2.45) is 0 Å². The number of nitrogens with zero attached hydrogens (tertiary/aromatic N) is 2. The number of amides is 3. The molecule has 0 unspecified atom stereocenters. The third kappa shape index (κ3) is 6.15. The minimum Gasteiger partial charge on any atom is -0.476 e. The summed E-state index contributed by atoms with van der Waals surface area (Å²) >= 11 is 0. The maximum absolute atomic E-state index is 14.2. The molecule has 0 bridgehead atoms. The molecule has 206 valence electrons. The number of nitrogens with one attached hydrogen (secondary N) is 1. The van der Waals surface area contributed by atoms with Crippen LogP contribution in [0.2, 0.25) is 0 Å². The highest BCUT2D eigenvalue weighted by molar-refractivity contribution is 6.05. The van der Waals surface area contributed by atoms with Crippen LogP contribution >= 0.6 is 0 Å². The van der Waals surface area contributed by atoms with Crippen molar-refractivity contribution < 1.29 is 41.1 Å². The number of halogens is 5. The third-order valence-corrected chi connectivity index (χ3v) is 6.64. The first-order valence-corrected chi connectivity index (χ1v) is 12.3. The molecule has 1 saturated carbocycles. The van der Waals surface area contributed by atoms with Crippen molar-refractivity contribution in [2.75, 3.05) is 18.0 Å². The lowest BCUT2D eigenvalue weighted by Gasteiger charge is -2.40. The fraction of sp³-hybridized carbons (Fsp3) is 0.640. The summed E-state index contributed by atoms with van der Waals surface area (Å²) in [7, 11) is 0. The molecule has 12 heteroatoms. The van der Waals surface area contributed by atoms with Crippen LogP contribution < -0.4 is 15.0 Å². The van der Waals surface area contributed by atoms with Gasteiger partial charge in [-0.15, -0.1) is 0 Å². The lowest BCUT2D eigenvalue weighted by atomic mass is 9.92. The van der Waals surface area contributed by atoms with Gasteiger partial charge in [0.1, 0.15) is 5.75 Å². The van der Waals surface area contributed by atoms with Gasteiger partial charge in [-0.2, -0.15) is 22.0 Å². The van der Waals surface area contributed by atoms with Crippen molar-refractivity contribution in [1.82, 2.24) is 10.2 Å². The molecular formula is C25H32F5N3O4. The predicted molar refractivity (Wildman–Crippen MR) is 126 cm³/mol. The molecule has 1 aromatic rings. The summed E-state index contributed by atoms with van der Waals surface area (Å²) in [5.74, 6) is -3.27. The minimum absolute atomic E-state index is 0.0979. The van der Waals surface area contributed by atoms with Gasteiger partial charge in [0.2, 0.25) is 0 Å². The molecule has 1 aliphatic heterocycles. The standard InChI is InChI=1S/C25H32F5N3O4/c1-14(2)33(15-8-6-5-7-9-15)22(35)16-12-18-19(13-17(16)25(28,29)30)37-24(3,4)23(36)32(18)11-10-31-21(34)20(26)27/h12-15,20H,5-11H2,1-4H3,(H,31,34). The average molecular weight is 534 g/mol. The Morgan fingerprint density at radius 2 is 1.78 bits per heavy atom. The summed E-state index contributed by atoms with van der Waals surface area (Å²) in [6.07, 6.45) is -4.05. The molecule has 1 heterocycles. The Hall–Kier alpha value is -2.92. The molecule has 1 aliphatic carbocycles. The maximum Gasteiger partial charge on any atom is 0.417 e. The monoisotopic (exact) mass is 533 g/mol. The van der Waals surface area contributed by atoms with E-state index in [4.69, 9.17) is 4.74 Å². The molecule has 2 aliphatic rings. The van der Waals surface area contributed by atoms with Gasteiger partial charge in [0, 0.05) is 25.2 Å². The zero-order valence-corrected chi connectivity index (χ0v) is 21.3. The highest BCUT2D eigenvalue weighted by atomic mass is 19.4.